The molecule has 0 aliphatic rings. The highest BCUT2D eigenvalue weighted by Crippen LogP contribution is 2.34. The second-order valence-electron chi connectivity index (χ2n) is 6.55. The van der Waals surface area contributed by atoms with Crippen LogP contribution in [0.2, 0.25) is 0 Å². The van der Waals surface area contributed by atoms with Crippen LogP contribution in [0, 0.1) is 5.92 Å². The maximum atomic E-state index is 11.9. The van der Waals surface area contributed by atoms with E-state index in [4.69, 9.17) is 0 Å². The largest absolute Gasteiger partial charge is 0.508 e. The quantitative estimate of drug-likeness (QED) is 0.633. The molecule has 0 bridgehead atoms. The van der Waals surface area contributed by atoms with Crippen molar-refractivity contribution < 1.29 is 24.5 Å². The summed E-state index contributed by atoms with van der Waals surface area (Å²) in [7, 11) is 1.23. The number of esters is 1. The fourth-order valence-electron chi connectivity index (χ4n) is 2.44. The van der Waals surface area contributed by atoms with Gasteiger partial charge in [0.05, 0.1) is 12.7 Å². The molecule has 0 saturated heterocycles. The van der Waals surface area contributed by atoms with Crippen molar-refractivity contribution >= 4 is 11.9 Å². The minimum absolute atomic E-state index is 0.143. The first-order valence-electron chi connectivity index (χ1n) is 8.08. The summed E-state index contributed by atoms with van der Waals surface area (Å²) < 4.78 is 4.44. The minimum Gasteiger partial charge on any atom is -0.508 e. The molecule has 1 aromatic rings. The van der Waals surface area contributed by atoms with Gasteiger partial charge in [-0.25, -0.2) is 0 Å². The lowest BCUT2D eigenvalue weighted by molar-refractivity contribution is -0.139. The van der Waals surface area contributed by atoms with Crippen LogP contribution in [0.3, 0.4) is 0 Å². The molecule has 0 aromatic heterocycles. The summed E-state index contributed by atoms with van der Waals surface area (Å²) in [6.45, 7) is 5.64. The molecule has 0 aliphatic heterocycles. The van der Waals surface area contributed by atoms with Crippen molar-refractivity contribution in [2.75, 3.05) is 13.7 Å². The Morgan fingerprint density at radius 1 is 1.33 bits per heavy atom. The van der Waals surface area contributed by atoms with Crippen molar-refractivity contribution in [2.24, 2.45) is 5.92 Å². The summed E-state index contributed by atoms with van der Waals surface area (Å²) in [5, 5.41) is 23.2. The number of amides is 1. The Bertz CT molecular complexity index is 581. The molecule has 0 aliphatic carbocycles. The molecule has 6 heteroatoms. The lowest BCUT2D eigenvalue weighted by Crippen LogP contribution is -2.30. The number of rotatable bonds is 8. The van der Waals surface area contributed by atoms with Gasteiger partial charge in [-0.1, -0.05) is 26.3 Å². The Morgan fingerprint density at radius 2 is 2.00 bits per heavy atom. The number of carbonyl (C=O) groups is 2. The van der Waals surface area contributed by atoms with Gasteiger partial charge in [0, 0.05) is 11.1 Å². The van der Waals surface area contributed by atoms with Crippen LogP contribution in [0.5, 0.6) is 5.75 Å². The second kappa shape index (κ2) is 8.68. The van der Waals surface area contributed by atoms with E-state index in [-0.39, 0.29) is 17.9 Å². The van der Waals surface area contributed by atoms with E-state index in [1.165, 1.54) is 25.3 Å². The van der Waals surface area contributed by atoms with Crippen LogP contribution in [-0.4, -0.2) is 35.7 Å². The fourth-order valence-corrected chi connectivity index (χ4v) is 2.44. The van der Waals surface area contributed by atoms with Gasteiger partial charge < -0.3 is 20.3 Å². The summed E-state index contributed by atoms with van der Waals surface area (Å²) in [6.07, 6.45) is 2.35. The topological polar surface area (TPSA) is 95.9 Å². The van der Waals surface area contributed by atoms with Crippen LogP contribution >= 0.6 is 0 Å². The van der Waals surface area contributed by atoms with E-state index in [0.717, 1.165) is 12.8 Å². The third-order valence-electron chi connectivity index (χ3n) is 3.91. The van der Waals surface area contributed by atoms with Gasteiger partial charge in [0.25, 0.3) is 5.91 Å². The molecule has 24 heavy (non-hydrogen) atoms. The van der Waals surface area contributed by atoms with Crippen LogP contribution < -0.4 is 5.32 Å². The highest BCUT2D eigenvalue weighted by molar-refractivity contribution is 5.96. The summed E-state index contributed by atoms with van der Waals surface area (Å²) >= 11 is 0. The van der Waals surface area contributed by atoms with Crippen LogP contribution in [0.4, 0.5) is 0 Å². The van der Waals surface area contributed by atoms with Gasteiger partial charge in [-0.3, -0.25) is 9.59 Å². The average Bonchev–Trinajstić information content (AvgIpc) is 2.51. The van der Waals surface area contributed by atoms with Crippen LogP contribution in [0.25, 0.3) is 0 Å². The maximum absolute atomic E-state index is 11.9. The Kier molecular flexibility index (Phi) is 7.22. The normalized spacial score (nSPS) is 13.4. The Hall–Kier alpha value is -2.08. The molecule has 0 spiro atoms. The number of phenols is 1. The number of benzene rings is 1. The molecule has 134 valence electrons. The summed E-state index contributed by atoms with van der Waals surface area (Å²) in [6, 6.07) is 4.34. The molecular weight excluding hydrogens is 310 g/mol. The van der Waals surface area contributed by atoms with Crippen molar-refractivity contribution in [3.8, 4) is 5.75 Å². The molecule has 0 heterocycles. The molecule has 0 radical (unpaired) electrons. The van der Waals surface area contributed by atoms with Crippen molar-refractivity contribution in [3.63, 3.8) is 0 Å². The average molecular weight is 337 g/mol. The molecular formula is C18H27NO5. The zero-order valence-corrected chi connectivity index (χ0v) is 14.8. The Morgan fingerprint density at radius 3 is 2.54 bits per heavy atom. The molecule has 1 amide bonds. The smallest absolute Gasteiger partial charge is 0.325 e. The number of carbonyl (C=O) groups excluding carboxylic acids is 2. The highest BCUT2D eigenvalue weighted by Gasteiger charge is 2.26. The molecule has 1 aromatic carbocycles. The second-order valence-corrected chi connectivity index (χ2v) is 6.55. The van der Waals surface area contributed by atoms with E-state index < -0.39 is 17.5 Å². The van der Waals surface area contributed by atoms with Crippen LogP contribution in [0.1, 0.15) is 56.0 Å². The molecule has 0 saturated carbocycles. The first-order valence-corrected chi connectivity index (χ1v) is 8.08. The van der Waals surface area contributed by atoms with E-state index in [0.29, 0.717) is 17.9 Å². The highest BCUT2D eigenvalue weighted by atomic mass is 16.5. The fraction of sp³-hybridized carbons (Fsp3) is 0.556. The lowest BCUT2D eigenvalue weighted by Gasteiger charge is -2.25. The van der Waals surface area contributed by atoms with Crippen LogP contribution in [-0.2, 0) is 15.1 Å². The zero-order valence-electron chi connectivity index (χ0n) is 14.8. The van der Waals surface area contributed by atoms with Gasteiger partial charge in [0.1, 0.15) is 12.3 Å². The van der Waals surface area contributed by atoms with Gasteiger partial charge >= 0.3 is 5.97 Å². The first-order chi connectivity index (χ1) is 11.2. The van der Waals surface area contributed by atoms with Gasteiger partial charge in [-0.05, 0) is 37.8 Å². The molecule has 1 unspecified atom stereocenters. The van der Waals surface area contributed by atoms with Crippen molar-refractivity contribution in [2.45, 2.75) is 45.6 Å². The van der Waals surface area contributed by atoms with E-state index >= 15 is 0 Å². The predicted octanol–water partition coefficient (Wildman–Crippen LogP) is 2.33. The molecule has 3 N–H and O–H groups in total. The van der Waals surface area contributed by atoms with Gasteiger partial charge in [0.2, 0.25) is 0 Å². The first kappa shape index (κ1) is 20.0. The standard InChI is InChI=1S/C18H27NO5/c1-12(2)6-5-9-18(3,23)14-8-7-13(10-15(14)20)17(22)19-11-16(21)24-4/h7-8,10,12,20,23H,5-6,9,11H2,1-4H3,(H,19,22). The van der Waals surface area contributed by atoms with E-state index in [2.05, 4.69) is 23.9 Å². The minimum atomic E-state index is -1.17. The monoisotopic (exact) mass is 337 g/mol. The van der Waals surface area contributed by atoms with Gasteiger partial charge in [-0.2, -0.15) is 0 Å². The van der Waals surface area contributed by atoms with Crippen molar-refractivity contribution in [1.29, 1.82) is 0 Å². The zero-order chi connectivity index (χ0) is 18.3. The number of nitrogens with one attached hydrogen (secondary N) is 1. The third kappa shape index (κ3) is 5.85. The van der Waals surface area contributed by atoms with Gasteiger partial charge in [-0.15, -0.1) is 0 Å². The number of phenolic OH excluding ortho intramolecular Hbond substituents is 1. The number of hydrogen-bond acceptors (Lipinski definition) is 5. The maximum Gasteiger partial charge on any atom is 0.325 e. The summed E-state index contributed by atoms with van der Waals surface area (Å²) in [5.41, 5.74) is -0.575. The Labute approximate surface area is 142 Å². The van der Waals surface area contributed by atoms with Gasteiger partial charge in [0.15, 0.2) is 0 Å². The molecule has 1 rings (SSSR count). The van der Waals surface area contributed by atoms with Crippen molar-refractivity contribution in [1.82, 2.24) is 5.32 Å². The summed E-state index contributed by atoms with van der Waals surface area (Å²) in [4.78, 5) is 23.0. The SMILES string of the molecule is COC(=O)CNC(=O)c1ccc(C(C)(O)CCCC(C)C)c(O)c1. The summed E-state index contributed by atoms with van der Waals surface area (Å²) in [5.74, 6) is -0.649. The van der Waals surface area contributed by atoms with E-state index in [9.17, 15) is 19.8 Å². The molecule has 1 atom stereocenters. The van der Waals surface area contributed by atoms with Crippen LogP contribution in [0.15, 0.2) is 18.2 Å². The van der Waals surface area contributed by atoms with Crippen molar-refractivity contribution in [3.05, 3.63) is 29.3 Å². The molecule has 6 nitrogen and oxygen atoms in total. The number of aromatic hydroxyl groups is 1. The predicted molar refractivity (Wildman–Crippen MR) is 90.7 cm³/mol. The third-order valence-corrected chi connectivity index (χ3v) is 3.91. The number of methoxy groups -OCH3 is 1. The van der Waals surface area contributed by atoms with E-state index in [1.54, 1.807) is 6.92 Å². The number of ether oxygens (including phenoxy) is 1. The lowest BCUT2D eigenvalue weighted by atomic mass is 9.88. The number of hydrogen-bond donors (Lipinski definition) is 3. The Balaban J connectivity index is 2.79. The number of aliphatic hydroxyl groups is 1. The van der Waals surface area contributed by atoms with E-state index in [1.807, 2.05) is 0 Å². The molecule has 0 fully saturated rings.